The smallest absolute Gasteiger partial charge is 0.323 e. The molecule has 0 saturated heterocycles. The molecule has 2 rings (SSSR count). The summed E-state index contributed by atoms with van der Waals surface area (Å²) < 4.78 is 0. The van der Waals surface area contributed by atoms with Gasteiger partial charge in [0.25, 0.3) is 0 Å². The Kier molecular flexibility index (Phi) is 5.02. The molecule has 3 nitrogen and oxygen atoms in total. The number of carboxylic acid groups (broad SMARTS) is 1. The third kappa shape index (κ3) is 4.28. The van der Waals surface area contributed by atoms with Crippen molar-refractivity contribution < 1.29 is 9.90 Å². The molecule has 1 N–H and O–H groups in total. The fourth-order valence-corrected chi connectivity index (χ4v) is 2.15. The monoisotopic (exact) mass is 289 g/mol. The summed E-state index contributed by atoms with van der Waals surface area (Å²) in [6.07, 6.45) is 0.802. The normalized spacial score (nSPS) is 10.2. The molecule has 0 unspecified atom stereocenters. The highest BCUT2D eigenvalue weighted by Gasteiger charge is 2.10. The minimum absolute atomic E-state index is 0.0194. The molecule has 0 saturated carbocycles. The van der Waals surface area contributed by atoms with Crippen LogP contribution in [-0.4, -0.2) is 24.2 Å². The van der Waals surface area contributed by atoms with Gasteiger partial charge in [0.05, 0.1) is 0 Å². The summed E-state index contributed by atoms with van der Waals surface area (Å²) in [6.45, 7) is 0.631. The predicted molar refractivity (Wildman–Crippen MR) is 81.4 cm³/mol. The number of halogens is 1. The highest BCUT2D eigenvalue weighted by molar-refractivity contribution is 6.30. The summed E-state index contributed by atoms with van der Waals surface area (Å²) in [5.41, 5.74) is 2.06. The fraction of sp³-hybridized carbons (Fsp3) is 0.188. The lowest BCUT2D eigenvalue weighted by molar-refractivity contribution is -0.135. The number of benzene rings is 2. The Balaban J connectivity index is 2.07. The Bertz CT molecular complexity index is 554. The van der Waals surface area contributed by atoms with E-state index in [1.807, 2.05) is 47.4 Å². The highest BCUT2D eigenvalue weighted by atomic mass is 35.5. The molecule has 0 amide bonds. The summed E-state index contributed by atoms with van der Waals surface area (Å²) in [5.74, 6) is -0.840. The number of hydrogen-bond acceptors (Lipinski definition) is 2. The topological polar surface area (TPSA) is 40.5 Å². The first kappa shape index (κ1) is 14.4. The molecule has 0 aliphatic carbocycles. The molecule has 2 aromatic carbocycles. The van der Waals surface area contributed by atoms with Crippen LogP contribution in [0.4, 0.5) is 5.69 Å². The Morgan fingerprint density at radius 2 is 1.70 bits per heavy atom. The van der Waals surface area contributed by atoms with Crippen LogP contribution in [0.1, 0.15) is 5.56 Å². The second-order valence-corrected chi connectivity index (χ2v) is 4.96. The van der Waals surface area contributed by atoms with Gasteiger partial charge in [0, 0.05) is 17.3 Å². The van der Waals surface area contributed by atoms with Gasteiger partial charge in [-0.1, -0.05) is 41.9 Å². The van der Waals surface area contributed by atoms with E-state index >= 15 is 0 Å². The first-order valence-corrected chi connectivity index (χ1v) is 6.79. The van der Waals surface area contributed by atoms with Gasteiger partial charge in [-0.15, -0.1) is 0 Å². The summed E-state index contributed by atoms with van der Waals surface area (Å²) in [4.78, 5) is 12.8. The molecule has 4 heteroatoms. The van der Waals surface area contributed by atoms with Crippen LogP contribution in [0.3, 0.4) is 0 Å². The molecule has 0 spiro atoms. The number of rotatable bonds is 6. The maximum Gasteiger partial charge on any atom is 0.323 e. The van der Waals surface area contributed by atoms with E-state index < -0.39 is 5.97 Å². The van der Waals surface area contributed by atoms with Crippen molar-refractivity contribution in [3.05, 3.63) is 65.2 Å². The van der Waals surface area contributed by atoms with Crippen molar-refractivity contribution in [1.82, 2.24) is 0 Å². The Labute approximate surface area is 123 Å². The van der Waals surface area contributed by atoms with Crippen LogP contribution in [-0.2, 0) is 11.2 Å². The van der Waals surface area contributed by atoms with E-state index in [-0.39, 0.29) is 6.54 Å². The molecule has 0 atom stereocenters. The molecule has 0 aliphatic rings. The van der Waals surface area contributed by atoms with Crippen LogP contribution in [0.15, 0.2) is 54.6 Å². The van der Waals surface area contributed by atoms with Crippen LogP contribution in [0, 0.1) is 0 Å². The quantitative estimate of drug-likeness (QED) is 0.885. The maximum absolute atomic E-state index is 11.0. The largest absolute Gasteiger partial charge is 0.480 e. The van der Waals surface area contributed by atoms with Gasteiger partial charge in [-0.05, 0) is 36.2 Å². The van der Waals surface area contributed by atoms with Crippen molar-refractivity contribution in [2.75, 3.05) is 18.0 Å². The number of carboxylic acids is 1. The van der Waals surface area contributed by atoms with Gasteiger partial charge < -0.3 is 10.0 Å². The van der Waals surface area contributed by atoms with Crippen molar-refractivity contribution >= 4 is 23.3 Å². The predicted octanol–water partition coefficient (Wildman–Crippen LogP) is 3.47. The molecule has 0 heterocycles. The van der Waals surface area contributed by atoms with Crippen molar-refractivity contribution in [2.24, 2.45) is 0 Å². The van der Waals surface area contributed by atoms with Crippen LogP contribution >= 0.6 is 11.6 Å². The van der Waals surface area contributed by atoms with E-state index in [0.29, 0.717) is 11.6 Å². The zero-order chi connectivity index (χ0) is 14.4. The fourth-order valence-electron chi connectivity index (χ4n) is 2.02. The summed E-state index contributed by atoms with van der Waals surface area (Å²) in [5, 5.41) is 9.67. The average Bonchev–Trinajstić information content (AvgIpc) is 2.45. The van der Waals surface area contributed by atoms with E-state index in [1.165, 1.54) is 5.56 Å². The summed E-state index contributed by atoms with van der Waals surface area (Å²) in [6, 6.07) is 17.3. The third-order valence-corrected chi connectivity index (χ3v) is 3.28. The molecule has 0 fully saturated rings. The molecule has 0 radical (unpaired) electrons. The highest BCUT2D eigenvalue weighted by Crippen LogP contribution is 2.18. The molecule has 0 bridgehead atoms. The summed E-state index contributed by atoms with van der Waals surface area (Å²) >= 11 is 5.86. The van der Waals surface area contributed by atoms with Crippen molar-refractivity contribution in [1.29, 1.82) is 0 Å². The standard InChI is InChI=1S/C16H16ClNO2/c17-14-6-8-15(9-7-14)18(12-16(19)20)11-10-13-4-2-1-3-5-13/h1-9H,10-12H2,(H,19,20). The van der Waals surface area contributed by atoms with E-state index in [4.69, 9.17) is 16.7 Å². The number of hydrogen-bond donors (Lipinski definition) is 1. The van der Waals surface area contributed by atoms with Crippen molar-refractivity contribution in [3.63, 3.8) is 0 Å². The van der Waals surface area contributed by atoms with Crippen molar-refractivity contribution in [2.45, 2.75) is 6.42 Å². The zero-order valence-corrected chi connectivity index (χ0v) is 11.8. The van der Waals surface area contributed by atoms with Gasteiger partial charge in [0.2, 0.25) is 0 Å². The Morgan fingerprint density at radius 3 is 2.30 bits per heavy atom. The lowest BCUT2D eigenvalue weighted by Crippen LogP contribution is -2.31. The molecular weight excluding hydrogens is 274 g/mol. The van der Waals surface area contributed by atoms with E-state index in [1.54, 1.807) is 12.1 Å². The Hall–Kier alpha value is -2.00. The number of anilines is 1. The first-order valence-electron chi connectivity index (χ1n) is 6.41. The van der Waals surface area contributed by atoms with Crippen LogP contribution in [0.5, 0.6) is 0 Å². The lowest BCUT2D eigenvalue weighted by atomic mass is 10.1. The minimum atomic E-state index is -0.840. The van der Waals surface area contributed by atoms with Gasteiger partial charge in [0.1, 0.15) is 6.54 Å². The molecule has 0 aromatic heterocycles. The van der Waals surface area contributed by atoms with Gasteiger partial charge in [-0.2, -0.15) is 0 Å². The molecule has 104 valence electrons. The van der Waals surface area contributed by atoms with E-state index in [9.17, 15) is 4.79 Å². The molecular formula is C16H16ClNO2. The lowest BCUT2D eigenvalue weighted by Gasteiger charge is -2.23. The van der Waals surface area contributed by atoms with E-state index in [0.717, 1.165) is 12.1 Å². The number of aliphatic carboxylic acids is 1. The molecule has 20 heavy (non-hydrogen) atoms. The maximum atomic E-state index is 11.0. The summed E-state index contributed by atoms with van der Waals surface area (Å²) in [7, 11) is 0. The van der Waals surface area contributed by atoms with Gasteiger partial charge in [-0.25, -0.2) is 0 Å². The Morgan fingerprint density at radius 1 is 1.05 bits per heavy atom. The van der Waals surface area contributed by atoms with Crippen LogP contribution in [0.25, 0.3) is 0 Å². The van der Waals surface area contributed by atoms with Gasteiger partial charge in [0.15, 0.2) is 0 Å². The number of nitrogens with zero attached hydrogens (tertiary/aromatic N) is 1. The molecule has 2 aromatic rings. The SMILES string of the molecule is O=C(O)CN(CCc1ccccc1)c1ccc(Cl)cc1. The van der Waals surface area contributed by atoms with Gasteiger partial charge in [-0.3, -0.25) is 4.79 Å². The third-order valence-electron chi connectivity index (χ3n) is 3.03. The second-order valence-electron chi connectivity index (χ2n) is 4.53. The van der Waals surface area contributed by atoms with Crippen molar-refractivity contribution in [3.8, 4) is 0 Å². The van der Waals surface area contributed by atoms with Crippen LogP contribution < -0.4 is 4.90 Å². The molecule has 0 aliphatic heterocycles. The van der Waals surface area contributed by atoms with E-state index in [2.05, 4.69) is 0 Å². The first-order chi connectivity index (χ1) is 9.65. The number of carbonyl (C=O) groups is 1. The van der Waals surface area contributed by atoms with Crippen LogP contribution in [0.2, 0.25) is 5.02 Å². The minimum Gasteiger partial charge on any atom is -0.480 e. The second kappa shape index (κ2) is 6.96. The zero-order valence-electron chi connectivity index (χ0n) is 11.0. The van der Waals surface area contributed by atoms with Gasteiger partial charge >= 0.3 is 5.97 Å². The average molecular weight is 290 g/mol.